The molecule has 1 fully saturated rings. The number of ether oxygens (including phenoxy) is 1. The van der Waals surface area contributed by atoms with Crippen molar-refractivity contribution in [3.8, 4) is 0 Å². The van der Waals surface area contributed by atoms with Gasteiger partial charge in [-0.3, -0.25) is 4.79 Å². The van der Waals surface area contributed by atoms with Crippen molar-refractivity contribution in [1.29, 1.82) is 0 Å². The molecule has 0 aliphatic carbocycles. The van der Waals surface area contributed by atoms with Gasteiger partial charge < -0.3 is 4.74 Å². The third-order valence-corrected chi connectivity index (χ3v) is 2.12. The van der Waals surface area contributed by atoms with Gasteiger partial charge in [-0.05, 0) is 6.92 Å². The summed E-state index contributed by atoms with van der Waals surface area (Å²) in [5, 5.41) is 6.27. The smallest absolute Gasteiger partial charge is 0.314 e. The molecule has 2 heterocycles. The van der Waals surface area contributed by atoms with E-state index in [-0.39, 0.29) is 11.9 Å². The minimum Gasteiger partial charge on any atom is -0.465 e. The van der Waals surface area contributed by atoms with E-state index in [4.69, 9.17) is 4.74 Å². The summed E-state index contributed by atoms with van der Waals surface area (Å²) in [6.45, 7) is 2.27. The molecule has 0 radical (unpaired) electrons. The Balaban J connectivity index is 2.15. The second kappa shape index (κ2) is 3.57. The molecule has 0 unspecified atom stereocenters. The van der Waals surface area contributed by atoms with Crippen molar-refractivity contribution in [3.05, 3.63) is 6.33 Å². The Morgan fingerprint density at radius 2 is 2.64 bits per heavy atom. The quantitative estimate of drug-likeness (QED) is 0.547. The van der Waals surface area contributed by atoms with Gasteiger partial charge in [0.1, 0.15) is 6.33 Å². The summed E-state index contributed by atoms with van der Waals surface area (Å²) >= 11 is 0. The van der Waals surface area contributed by atoms with E-state index >= 15 is 0 Å². The number of esters is 1. The highest BCUT2D eigenvalue weighted by Crippen LogP contribution is 2.17. The molecule has 6 nitrogen and oxygen atoms in total. The first-order chi connectivity index (χ1) is 6.77. The van der Waals surface area contributed by atoms with Crippen LogP contribution < -0.4 is 0 Å². The van der Waals surface area contributed by atoms with Crippen molar-refractivity contribution in [1.82, 2.24) is 15.2 Å². The molecule has 0 bridgehead atoms. The van der Waals surface area contributed by atoms with Crippen LogP contribution in [0.4, 0.5) is 5.95 Å². The Morgan fingerprint density at radius 1 is 1.79 bits per heavy atom. The highest BCUT2D eigenvalue weighted by Gasteiger charge is 2.29. The van der Waals surface area contributed by atoms with Crippen LogP contribution >= 0.6 is 0 Å². The van der Waals surface area contributed by atoms with Crippen molar-refractivity contribution < 1.29 is 9.53 Å². The van der Waals surface area contributed by atoms with Crippen LogP contribution in [0.2, 0.25) is 0 Å². The van der Waals surface area contributed by atoms with Gasteiger partial charge in [-0.25, -0.2) is 10.1 Å². The number of H-pyrrole nitrogens is 1. The van der Waals surface area contributed by atoms with Crippen LogP contribution in [0.5, 0.6) is 0 Å². The van der Waals surface area contributed by atoms with E-state index in [1.807, 2.05) is 0 Å². The maximum absolute atomic E-state index is 11.2. The molecule has 1 aromatic heterocycles. The number of carbonyl (C=O) groups is 1. The van der Waals surface area contributed by atoms with Gasteiger partial charge in [0.25, 0.3) is 0 Å². The number of hydrogen-bond acceptors (Lipinski definition) is 5. The topological polar surface area (TPSA) is 80.2 Å². The van der Waals surface area contributed by atoms with Crippen molar-refractivity contribution in [2.75, 3.05) is 6.61 Å². The van der Waals surface area contributed by atoms with Crippen LogP contribution in [0.25, 0.3) is 0 Å². The molecule has 1 aliphatic rings. The van der Waals surface area contributed by atoms with Crippen molar-refractivity contribution in [3.63, 3.8) is 0 Å². The number of carbonyl (C=O) groups excluding carboxylic acids is 1. The largest absolute Gasteiger partial charge is 0.465 e. The number of cyclic esters (lactones) is 1. The lowest BCUT2D eigenvalue weighted by Gasteiger charge is -2.02. The lowest BCUT2D eigenvalue weighted by atomic mass is 10.0. The van der Waals surface area contributed by atoms with E-state index in [0.717, 1.165) is 0 Å². The van der Waals surface area contributed by atoms with E-state index < -0.39 is 0 Å². The molecule has 0 spiro atoms. The lowest BCUT2D eigenvalue weighted by Crippen LogP contribution is -2.16. The highest BCUT2D eigenvalue weighted by molar-refractivity contribution is 6.02. The first-order valence-corrected chi connectivity index (χ1v) is 4.34. The molecular weight excluding hydrogens is 184 g/mol. The second-order valence-corrected chi connectivity index (χ2v) is 3.07. The zero-order valence-corrected chi connectivity index (χ0v) is 7.73. The van der Waals surface area contributed by atoms with Gasteiger partial charge in [0.15, 0.2) is 0 Å². The zero-order valence-electron chi connectivity index (χ0n) is 7.73. The SMILES string of the molecule is CC(=Nc1ncn[nH]1)[C@@H]1CCOC1=O. The molecule has 74 valence electrons. The summed E-state index contributed by atoms with van der Waals surface area (Å²) in [7, 11) is 0. The lowest BCUT2D eigenvalue weighted by molar-refractivity contribution is -0.139. The van der Waals surface area contributed by atoms with E-state index in [0.29, 0.717) is 24.7 Å². The fraction of sp³-hybridized carbons (Fsp3) is 0.500. The van der Waals surface area contributed by atoms with Gasteiger partial charge >= 0.3 is 5.97 Å². The van der Waals surface area contributed by atoms with Gasteiger partial charge in [-0.1, -0.05) is 0 Å². The standard InChI is InChI=1S/C8H10N4O2/c1-5(6-2-3-14-7(6)13)11-8-9-4-10-12-8/h4,6H,2-3H2,1H3,(H,9,10,12)/t6-/m0/s1. The van der Waals surface area contributed by atoms with E-state index in [2.05, 4.69) is 20.2 Å². The fourth-order valence-electron chi connectivity index (χ4n) is 1.37. The summed E-state index contributed by atoms with van der Waals surface area (Å²) in [4.78, 5) is 19.2. The van der Waals surface area contributed by atoms with Crippen LogP contribution in [0.15, 0.2) is 11.3 Å². The first kappa shape index (κ1) is 8.86. The first-order valence-electron chi connectivity index (χ1n) is 4.34. The van der Waals surface area contributed by atoms with Crippen LogP contribution in [0, 0.1) is 5.92 Å². The Morgan fingerprint density at radius 3 is 3.21 bits per heavy atom. The predicted molar refractivity (Wildman–Crippen MR) is 48.2 cm³/mol. The van der Waals surface area contributed by atoms with Gasteiger partial charge in [-0.15, -0.1) is 0 Å². The average molecular weight is 194 g/mol. The van der Waals surface area contributed by atoms with Gasteiger partial charge in [0, 0.05) is 12.1 Å². The maximum atomic E-state index is 11.2. The normalized spacial score (nSPS) is 22.5. The fourth-order valence-corrected chi connectivity index (χ4v) is 1.37. The highest BCUT2D eigenvalue weighted by atomic mass is 16.5. The molecule has 2 rings (SSSR count). The summed E-state index contributed by atoms with van der Waals surface area (Å²) in [5.41, 5.74) is 0.712. The molecule has 1 atom stereocenters. The Labute approximate surface area is 80.4 Å². The number of aromatic nitrogens is 3. The number of hydrogen-bond donors (Lipinski definition) is 1. The summed E-state index contributed by atoms with van der Waals surface area (Å²) in [6.07, 6.45) is 2.07. The minimum atomic E-state index is -0.222. The van der Waals surface area contributed by atoms with Crippen LogP contribution in [0.3, 0.4) is 0 Å². The molecule has 0 aromatic carbocycles. The van der Waals surface area contributed by atoms with Gasteiger partial charge in [-0.2, -0.15) is 10.1 Å². The van der Waals surface area contributed by atoms with E-state index in [9.17, 15) is 4.79 Å². The van der Waals surface area contributed by atoms with Crippen molar-refractivity contribution in [2.45, 2.75) is 13.3 Å². The van der Waals surface area contributed by atoms with Crippen molar-refractivity contribution in [2.24, 2.45) is 10.9 Å². The Bertz CT molecular complexity index is 357. The van der Waals surface area contributed by atoms with Gasteiger partial charge in [0.2, 0.25) is 5.95 Å². The molecule has 1 aromatic rings. The zero-order chi connectivity index (χ0) is 9.97. The molecule has 0 saturated carbocycles. The molecule has 0 amide bonds. The maximum Gasteiger partial charge on any atom is 0.314 e. The molecular formula is C8H10N4O2. The van der Waals surface area contributed by atoms with Gasteiger partial charge in [0.05, 0.1) is 12.5 Å². The van der Waals surface area contributed by atoms with Crippen molar-refractivity contribution >= 4 is 17.6 Å². The third kappa shape index (κ3) is 1.63. The molecule has 14 heavy (non-hydrogen) atoms. The summed E-state index contributed by atoms with van der Waals surface area (Å²) in [5.74, 6) is -0.00642. The summed E-state index contributed by atoms with van der Waals surface area (Å²) < 4.78 is 4.84. The third-order valence-electron chi connectivity index (χ3n) is 2.12. The number of rotatable bonds is 2. The summed E-state index contributed by atoms with van der Waals surface area (Å²) in [6, 6.07) is 0. The number of nitrogens with one attached hydrogen (secondary N) is 1. The average Bonchev–Trinajstić information content (AvgIpc) is 2.75. The van der Waals surface area contributed by atoms with Crippen LogP contribution in [-0.2, 0) is 9.53 Å². The number of aromatic amines is 1. The second-order valence-electron chi connectivity index (χ2n) is 3.07. The van der Waals surface area contributed by atoms with Crippen LogP contribution in [0.1, 0.15) is 13.3 Å². The van der Waals surface area contributed by atoms with E-state index in [1.54, 1.807) is 6.92 Å². The Hall–Kier alpha value is -1.72. The molecule has 6 heteroatoms. The van der Waals surface area contributed by atoms with E-state index in [1.165, 1.54) is 6.33 Å². The number of nitrogens with zero attached hydrogens (tertiary/aromatic N) is 3. The van der Waals surface area contributed by atoms with Crippen LogP contribution in [-0.4, -0.2) is 33.5 Å². The molecule has 1 aliphatic heterocycles. The monoisotopic (exact) mass is 194 g/mol. The molecule has 1 saturated heterocycles. The predicted octanol–water partition coefficient (Wildman–Crippen LogP) is 0.460. The minimum absolute atomic E-state index is 0.203. The Kier molecular flexibility index (Phi) is 2.26. The number of aliphatic imine (C=N–C) groups is 1. The molecule has 1 N–H and O–H groups in total.